The summed E-state index contributed by atoms with van der Waals surface area (Å²) in [6.45, 7) is 4.04. The Hall–Kier alpha value is -0.120. The topological polar surface area (TPSA) is 35.5 Å². The van der Waals surface area contributed by atoms with E-state index in [4.69, 9.17) is 0 Å². The van der Waals surface area contributed by atoms with Crippen molar-refractivity contribution in [1.29, 1.82) is 0 Å². The molecule has 2 rings (SSSR count). The van der Waals surface area contributed by atoms with Gasteiger partial charge in [-0.1, -0.05) is 12.8 Å². The molecule has 0 radical (unpaired) electrons. The predicted molar refractivity (Wildman–Crippen MR) is 66.5 cm³/mol. The molecular formula is C13H26N2O. The molecule has 0 saturated heterocycles. The Morgan fingerprint density at radius 3 is 2.56 bits per heavy atom. The van der Waals surface area contributed by atoms with Gasteiger partial charge in [0.2, 0.25) is 0 Å². The van der Waals surface area contributed by atoms with Crippen molar-refractivity contribution in [3.8, 4) is 0 Å². The van der Waals surface area contributed by atoms with E-state index in [1.54, 1.807) is 0 Å². The number of likely N-dealkylation sites (N-methyl/N-ethyl adjacent to an activating group) is 1. The normalized spacial score (nSPS) is 26.2. The van der Waals surface area contributed by atoms with Crippen molar-refractivity contribution < 1.29 is 5.11 Å². The van der Waals surface area contributed by atoms with Gasteiger partial charge in [0.25, 0.3) is 0 Å². The van der Waals surface area contributed by atoms with Crippen LogP contribution in [0.5, 0.6) is 0 Å². The standard InChI is InChI=1S/C13H26N2O/c1-11(15(2)12-5-6-12)9-14-10-13(16)7-3-4-8-13/h11-12,14,16H,3-10H2,1-2H3. The van der Waals surface area contributed by atoms with E-state index in [0.717, 1.165) is 32.0 Å². The van der Waals surface area contributed by atoms with E-state index >= 15 is 0 Å². The molecule has 0 heterocycles. The summed E-state index contributed by atoms with van der Waals surface area (Å²) in [4.78, 5) is 2.46. The first-order chi connectivity index (χ1) is 7.61. The number of rotatable bonds is 6. The van der Waals surface area contributed by atoms with E-state index in [-0.39, 0.29) is 0 Å². The average molecular weight is 226 g/mol. The SMILES string of the molecule is CC(CNCC1(O)CCCC1)N(C)C1CC1. The van der Waals surface area contributed by atoms with Crippen molar-refractivity contribution in [2.24, 2.45) is 0 Å². The Kier molecular flexibility index (Phi) is 3.88. The van der Waals surface area contributed by atoms with E-state index in [0.29, 0.717) is 6.04 Å². The first-order valence-electron chi connectivity index (χ1n) is 6.76. The van der Waals surface area contributed by atoms with Crippen LogP contribution in [0.4, 0.5) is 0 Å². The van der Waals surface area contributed by atoms with E-state index in [1.165, 1.54) is 25.7 Å². The zero-order chi connectivity index (χ0) is 11.6. The highest BCUT2D eigenvalue weighted by molar-refractivity contribution is 4.88. The van der Waals surface area contributed by atoms with Crippen molar-refractivity contribution in [1.82, 2.24) is 10.2 Å². The van der Waals surface area contributed by atoms with E-state index in [1.807, 2.05) is 0 Å². The third kappa shape index (κ3) is 3.19. The fourth-order valence-electron chi connectivity index (χ4n) is 2.71. The van der Waals surface area contributed by atoms with E-state index in [9.17, 15) is 5.11 Å². The van der Waals surface area contributed by atoms with E-state index < -0.39 is 5.60 Å². The maximum absolute atomic E-state index is 10.2. The van der Waals surface area contributed by atoms with Crippen LogP contribution in [0.25, 0.3) is 0 Å². The number of hydrogen-bond donors (Lipinski definition) is 2. The molecule has 1 atom stereocenters. The summed E-state index contributed by atoms with van der Waals surface area (Å²) in [6.07, 6.45) is 7.07. The Labute approximate surface area is 99.2 Å². The minimum atomic E-state index is -0.405. The van der Waals surface area contributed by atoms with Crippen LogP contribution in [0.3, 0.4) is 0 Å². The number of hydrogen-bond acceptors (Lipinski definition) is 3. The molecule has 0 aliphatic heterocycles. The monoisotopic (exact) mass is 226 g/mol. The number of nitrogens with zero attached hydrogens (tertiary/aromatic N) is 1. The van der Waals surface area contributed by atoms with Crippen LogP contribution in [0.2, 0.25) is 0 Å². The Balaban J connectivity index is 1.63. The summed E-state index contributed by atoms with van der Waals surface area (Å²) >= 11 is 0. The molecule has 0 amide bonds. The van der Waals surface area contributed by atoms with Crippen LogP contribution < -0.4 is 5.32 Å². The fraction of sp³-hybridized carbons (Fsp3) is 1.00. The average Bonchev–Trinajstić information content (AvgIpc) is 3.01. The summed E-state index contributed by atoms with van der Waals surface area (Å²) in [7, 11) is 2.22. The van der Waals surface area contributed by atoms with Crippen LogP contribution in [-0.2, 0) is 0 Å². The van der Waals surface area contributed by atoms with Gasteiger partial charge < -0.3 is 10.4 Å². The van der Waals surface area contributed by atoms with Crippen molar-refractivity contribution in [2.45, 2.75) is 63.1 Å². The lowest BCUT2D eigenvalue weighted by molar-refractivity contribution is 0.0461. The Bertz CT molecular complexity index is 222. The molecule has 2 saturated carbocycles. The largest absolute Gasteiger partial charge is 0.389 e. The molecule has 2 N–H and O–H groups in total. The van der Waals surface area contributed by atoms with Crippen LogP contribution in [-0.4, -0.2) is 47.8 Å². The molecule has 2 aliphatic carbocycles. The molecule has 0 aromatic carbocycles. The van der Waals surface area contributed by atoms with Gasteiger partial charge in [-0.3, -0.25) is 4.90 Å². The summed E-state index contributed by atoms with van der Waals surface area (Å²) in [5.74, 6) is 0. The van der Waals surface area contributed by atoms with E-state index in [2.05, 4.69) is 24.2 Å². The van der Waals surface area contributed by atoms with Crippen molar-refractivity contribution in [2.75, 3.05) is 20.1 Å². The van der Waals surface area contributed by atoms with Gasteiger partial charge in [-0.05, 0) is 39.7 Å². The lowest BCUT2D eigenvalue weighted by atomic mass is 10.0. The first kappa shape index (κ1) is 12.3. The summed E-state index contributed by atoms with van der Waals surface area (Å²) < 4.78 is 0. The van der Waals surface area contributed by atoms with Gasteiger partial charge in [0.1, 0.15) is 0 Å². The molecule has 0 aromatic rings. The predicted octanol–water partition coefficient (Wildman–Crippen LogP) is 1.36. The van der Waals surface area contributed by atoms with Crippen LogP contribution >= 0.6 is 0 Å². The molecule has 0 spiro atoms. The van der Waals surface area contributed by atoms with Gasteiger partial charge in [0.05, 0.1) is 5.60 Å². The maximum atomic E-state index is 10.2. The van der Waals surface area contributed by atoms with Gasteiger partial charge in [-0.2, -0.15) is 0 Å². The van der Waals surface area contributed by atoms with Crippen molar-refractivity contribution in [3.05, 3.63) is 0 Å². The third-order valence-corrected chi connectivity index (χ3v) is 4.25. The summed E-state index contributed by atoms with van der Waals surface area (Å²) in [6, 6.07) is 1.41. The highest BCUT2D eigenvalue weighted by atomic mass is 16.3. The number of aliphatic hydroxyl groups is 1. The first-order valence-corrected chi connectivity index (χ1v) is 6.76. The van der Waals surface area contributed by atoms with Crippen LogP contribution in [0.1, 0.15) is 45.4 Å². The van der Waals surface area contributed by atoms with Gasteiger partial charge in [0.15, 0.2) is 0 Å². The summed E-state index contributed by atoms with van der Waals surface area (Å²) in [5.41, 5.74) is -0.405. The fourth-order valence-corrected chi connectivity index (χ4v) is 2.71. The second-order valence-corrected chi connectivity index (χ2v) is 5.81. The highest BCUT2D eigenvalue weighted by Crippen LogP contribution is 2.29. The summed E-state index contributed by atoms with van der Waals surface area (Å²) in [5, 5.41) is 13.6. The third-order valence-electron chi connectivity index (χ3n) is 4.25. The minimum Gasteiger partial charge on any atom is -0.389 e. The molecule has 0 aromatic heterocycles. The Morgan fingerprint density at radius 2 is 2.00 bits per heavy atom. The smallest absolute Gasteiger partial charge is 0.0771 e. The van der Waals surface area contributed by atoms with Gasteiger partial charge >= 0.3 is 0 Å². The lowest BCUT2D eigenvalue weighted by Gasteiger charge is -2.27. The highest BCUT2D eigenvalue weighted by Gasteiger charge is 2.32. The van der Waals surface area contributed by atoms with Crippen molar-refractivity contribution in [3.63, 3.8) is 0 Å². The minimum absolute atomic E-state index is 0.405. The van der Waals surface area contributed by atoms with Crippen LogP contribution in [0, 0.1) is 0 Å². The molecular weight excluding hydrogens is 200 g/mol. The molecule has 3 nitrogen and oxygen atoms in total. The number of nitrogens with one attached hydrogen (secondary N) is 1. The molecule has 0 bridgehead atoms. The van der Waals surface area contributed by atoms with Gasteiger partial charge in [-0.15, -0.1) is 0 Å². The lowest BCUT2D eigenvalue weighted by Crippen LogP contribution is -2.44. The zero-order valence-electron chi connectivity index (χ0n) is 10.7. The zero-order valence-corrected chi connectivity index (χ0v) is 10.7. The second-order valence-electron chi connectivity index (χ2n) is 5.81. The molecule has 16 heavy (non-hydrogen) atoms. The molecule has 1 unspecified atom stereocenters. The van der Waals surface area contributed by atoms with Crippen LogP contribution in [0.15, 0.2) is 0 Å². The molecule has 94 valence electrons. The van der Waals surface area contributed by atoms with Gasteiger partial charge in [-0.25, -0.2) is 0 Å². The molecule has 2 fully saturated rings. The van der Waals surface area contributed by atoms with Crippen molar-refractivity contribution >= 4 is 0 Å². The van der Waals surface area contributed by atoms with Gasteiger partial charge in [0, 0.05) is 25.2 Å². The molecule has 3 heteroatoms. The second kappa shape index (κ2) is 5.03. The Morgan fingerprint density at radius 1 is 1.38 bits per heavy atom. The molecule has 2 aliphatic rings. The quantitative estimate of drug-likeness (QED) is 0.718. The maximum Gasteiger partial charge on any atom is 0.0771 e.